The predicted octanol–water partition coefficient (Wildman–Crippen LogP) is 1.62. The Hall–Kier alpha value is -3.06. The Balaban J connectivity index is 1.58. The highest BCUT2D eigenvalue weighted by Gasteiger charge is 2.30. The van der Waals surface area contributed by atoms with Crippen molar-refractivity contribution in [2.24, 2.45) is 0 Å². The molecule has 0 aromatic heterocycles. The lowest BCUT2D eigenvalue weighted by Crippen LogP contribution is -2.56. The molecule has 1 aliphatic heterocycles. The molecule has 1 aliphatic rings. The lowest BCUT2D eigenvalue weighted by Gasteiger charge is -2.38. The molecule has 0 saturated carbocycles. The molecule has 0 aliphatic carbocycles. The van der Waals surface area contributed by atoms with Gasteiger partial charge < -0.3 is 25.0 Å². The number of nitrogens with one attached hydrogen (secondary N) is 1. The average Bonchev–Trinajstić information content (AvgIpc) is 2.82. The van der Waals surface area contributed by atoms with Crippen LogP contribution in [0.25, 0.3) is 0 Å². The van der Waals surface area contributed by atoms with Crippen LogP contribution in [0.3, 0.4) is 0 Å². The molecule has 2 atom stereocenters. The fourth-order valence-corrected chi connectivity index (χ4v) is 3.65. The second-order valence-electron chi connectivity index (χ2n) is 7.36. The first-order valence-corrected chi connectivity index (χ1v) is 10.2. The predicted molar refractivity (Wildman–Crippen MR) is 116 cm³/mol. The Kier molecular flexibility index (Phi) is 7.30. The van der Waals surface area contributed by atoms with Gasteiger partial charge in [-0.05, 0) is 24.6 Å². The molecule has 2 unspecified atom stereocenters. The number of para-hydroxylation sites is 2. The summed E-state index contributed by atoms with van der Waals surface area (Å²) in [6, 6.07) is 16.2. The monoisotopic (exact) mass is 411 g/mol. The summed E-state index contributed by atoms with van der Waals surface area (Å²) in [5, 5.41) is 12.4. The van der Waals surface area contributed by atoms with Crippen LogP contribution in [0.15, 0.2) is 54.6 Å². The van der Waals surface area contributed by atoms with E-state index in [4.69, 9.17) is 4.74 Å². The highest BCUT2D eigenvalue weighted by Crippen LogP contribution is 2.28. The molecule has 1 heterocycles. The molecule has 2 amide bonds. The van der Waals surface area contributed by atoms with Crippen molar-refractivity contribution in [2.75, 3.05) is 44.8 Å². The minimum Gasteiger partial charge on any atom is -0.495 e. The fraction of sp³-hybridized carbons (Fsp3) is 0.391. The zero-order valence-corrected chi connectivity index (χ0v) is 17.5. The molecule has 30 heavy (non-hydrogen) atoms. The fourth-order valence-electron chi connectivity index (χ4n) is 3.65. The number of nitrogens with zero attached hydrogens (tertiary/aromatic N) is 2. The third kappa shape index (κ3) is 4.91. The number of aliphatic hydroxyl groups excluding tert-OH is 1. The van der Waals surface area contributed by atoms with Gasteiger partial charge in [0.1, 0.15) is 11.8 Å². The molecule has 2 N–H and O–H groups in total. The van der Waals surface area contributed by atoms with E-state index in [2.05, 4.69) is 10.2 Å². The molecule has 0 bridgehead atoms. The van der Waals surface area contributed by atoms with E-state index in [1.807, 2.05) is 54.6 Å². The van der Waals surface area contributed by atoms with Crippen LogP contribution in [-0.2, 0) is 9.59 Å². The Bertz CT molecular complexity index is 851. The zero-order chi connectivity index (χ0) is 21.5. The maximum atomic E-state index is 12.9. The molecule has 3 rings (SSSR count). The van der Waals surface area contributed by atoms with Crippen molar-refractivity contribution in [3.05, 3.63) is 60.2 Å². The highest BCUT2D eigenvalue weighted by atomic mass is 16.5. The highest BCUT2D eigenvalue weighted by molar-refractivity contribution is 5.90. The van der Waals surface area contributed by atoms with E-state index in [0.29, 0.717) is 26.2 Å². The lowest BCUT2D eigenvalue weighted by atomic mass is 10.00. The molecule has 0 spiro atoms. The lowest BCUT2D eigenvalue weighted by molar-refractivity contribution is -0.138. The number of aliphatic hydroxyl groups is 1. The second kappa shape index (κ2) is 10.1. The van der Waals surface area contributed by atoms with Crippen molar-refractivity contribution >= 4 is 17.5 Å². The van der Waals surface area contributed by atoms with Crippen molar-refractivity contribution < 1.29 is 19.4 Å². The third-order valence-corrected chi connectivity index (χ3v) is 5.51. The standard InChI is InChI=1S/C23H29N3O4/c1-17(18-8-4-3-5-9-18)22(28)24-19(16-27)23(29)26-14-12-25(13-15-26)20-10-6-7-11-21(20)30-2/h3-11,17,19,27H,12-16H2,1-2H3,(H,24,28). The van der Waals surface area contributed by atoms with Gasteiger partial charge in [-0.25, -0.2) is 0 Å². The number of anilines is 1. The van der Waals surface area contributed by atoms with Crippen LogP contribution in [0.2, 0.25) is 0 Å². The van der Waals surface area contributed by atoms with Gasteiger partial charge in [0.05, 0.1) is 25.3 Å². The van der Waals surface area contributed by atoms with Crippen LogP contribution in [0, 0.1) is 0 Å². The number of ether oxygens (including phenoxy) is 1. The first-order chi connectivity index (χ1) is 14.5. The molecule has 160 valence electrons. The summed E-state index contributed by atoms with van der Waals surface area (Å²) < 4.78 is 5.43. The van der Waals surface area contributed by atoms with Crippen LogP contribution in [-0.4, -0.2) is 67.8 Å². The topological polar surface area (TPSA) is 82.1 Å². The molecule has 0 radical (unpaired) electrons. The molecule has 7 heteroatoms. The van der Waals surface area contributed by atoms with Crippen molar-refractivity contribution in [1.82, 2.24) is 10.2 Å². The number of hydrogen-bond acceptors (Lipinski definition) is 5. The minimum absolute atomic E-state index is 0.259. The summed E-state index contributed by atoms with van der Waals surface area (Å²) in [5.41, 5.74) is 1.86. The summed E-state index contributed by atoms with van der Waals surface area (Å²) in [7, 11) is 1.64. The van der Waals surface area contributed by atoms with Crippen molar-refractivity contribution in [3.63, 3.8) is 0 Å². The summed E-state index contributed by atoms with van der Waals surface area (Å²) in [6.07, 6.45) is 0. The molecule has 1 fully saturated rings. The maximum Gasteiger partial charge on any atom is 0.247 e. The van der Waals surface area contributed by atoms with E-state index in [0.717, 1.165) is 17.0 Å². The van der Waals surface area contributed by atoms with Gasteiger partial charge in [0.2, 0.25) is 11.8 Å². The number of benzene rings is 2. The van der Waals surface area contributed by atoms with Crippen LogP contribution in [0.1, 0.15) is 18.4 Å². The SMILES string of the molecule is COc1ccccc1N1CCN(C(=O)C(CO)NC(=O)C(C)c2ccccc2)CC1. The van der Waals surface area contributed by atoms with E-state index in [9.17, 15) is 14.7 Å². The summed E-state index contributed by atoms with van der Waals surface area (Å²) >= 11 is 0. The Morgan fingerprint density at radius 2 is 1.67 bits per heavy atom. The first kappa shape index (κ1) is 21.6. The first-order valence-electron chi connectivity index (χ1n) is 10.2. The van der Waals surface area contributed by atoms with Gasteiger partial charge in [-0.15, -0.1) is 0 Å². The van der Waals surface area contributed by atoms with Gasteiger partial charge in [0.15, 0.2) is 0 Å². The van der Waals surface area contributed by atoms with Crippen LogP contribution >= 0.6 is 0 Å². The normalized spacial score (nSPS) is 16.0. The van der Waals surface area contributed by atoms with Crippen LogP contribution in [0.5, 0.6) is 5.75 Å². The summed E-state index contributed by atoms with van der Waals surface area (Å²) in [5.74, 6) is -0.143. The molecular weight excluding hydrogens is 382 g/mol. The number of rotatable bonds is 7. The Morgan fingerprint density at radius 1 is 1.03 bits per heavy atom. The molecule has 7 nitrogen and oxygen atoms in total. The number of methoxy groups -OCH3 is 1. The number of carbonyl (C=O) groups is 2. The smallest absolute Gasteiger partial charge is 0.247 e. The number of amides is 2. The van der Waals surface area contributed by atoms with E-state index >= 15 is 0 Å². The number of piperazine rings is 1. The largest absolute Gasteiger partial charge is 0.495 e. The second-order valence-corrected chi connectivity index (χ2v) is 7.36. The van der Waals surface area contributed by atoms with Gasteiger partial charge in [-0.2, -0.15) is 0 Å². The minimum atomic E-state index is -0.943. The third-order valence-electron chi connectivity index (χ3n) is 5.51. The van der Waals surface area contributed by atoms with Gasteiger partial charge in [0, 0.05) is 26.2 Å². The molecule has 2 aromatic rings. The summed E-state index contributed by atoms with van der Waals surface area (Å²) in [6.45, 7) is 3.68. The van der Waals surface area contributed by atoms with E-state index in [1.165, 1.54) is 0 Å². The number of hydrogen-bond donors (Lipinski definition) is 2. The average molecular weight is 412 g/mol. The zero-order valence-electron chi connectivity index (χ0n) is 17.5. The maximum absolute atomic E-state index is 12.9. The molecular formula is C23H29N3O4. The van der Waals surface area contributed by atoms with Crippen LogP contribution in [0.4, 0.5) is 5.69 Å². The molecule has 2 aromatic carbocycles. The van der Waals surface area contributed by atoms with E-state index < -0.39 is 18.6 Å². The van der Waals surface area contributed by atoms with E-state index in [1.54, 1.807) is 18.9 Å². The van der Waals surface area contributed by atoms with Crippen molar-refractivity contribution in [2.45, 2.75) is 18.9 Å². The molecule has 1 saturated heterocycles. The van der Waals surface area contributed by atoms with Gasteiger partial charge >= 0.3 is 0 Å². The Morgan fingerprint density at radius 3 is 2.30 bits per heavy atom. The van der Waals surface area contributed by atoms with E-state index in [-0.39, 0.29) is 11.8 Å². The number of carbonyl (C=O) groups excluding carboxylic acids is 2. The van der Waals surface area contributed by atoms with Gasteiger partial charge in [-0.1, -0.05) is 42.5 Å². The summed E-state index contributed by atoms with van der Waals surface area (Å²) in [4.78, 5) is 29.4. The van der Waals surface area contributed by atoms with Gasteiger partial charge in [0.25, 0.3) is 0 Å². The quantitative estimate of drug-likeness (QED) is 0.724. The Labute approximate surface area is 177 Å². The van der Waals surface area contributed by atoms with Crippen molar-refractivity contribution in [3.8, 4) is 5.75 Å². The van der Waals surface area contributed by atoms with Gasteiger partial charge in [-0.3, -0.25) is 9.59 Å². The van der Waals surface area contributed by atoms with Crippen LogP contribution < -0.4 is 15.0 Å². The van der Waals surface area contributed by atoms with Crippen molar-refractivity contribution in [1.29, 1.82) is 0 Å².